The zero-order valence-electron chi connectivity index (χ0n) is 16.4. The number of carbonyl (C=O) groups excluding carboxylic acids is 1. The summed E-state index contributed by atoms with van der Waals surface area (Å²) < 4.78 is 59.1. The minimum absolute atomic E-state index is 0.0343. The molecule has 1 unspecified atom stereocenters. The van der Waals surface area contributed by atoms with Crippen LogP contribution in [0.4, 0.5) is 4.39 Å². The lowest BCUT2D eigenvalue weighted by Gasteiger charge is -2.22. The normalized spacial score (nSPS) is 27.6. The molecule has 5 atom stereocenters. The molecule has 0 aliphatic carbocycles. The number of hydrogen-bond acceptors (Lipinski definition) is 8. The SMILES string of the molecule is CCOP(=O)(OCC)C(F)C(=O)O[C@@H]1CO[C@H]2[C@@H]1OC[C@H]2OCc1ccccc1. The van der Waals surface area contributed by atoms with Crippen LogP contribution >= 0.6 is 7.60 Å². The van der Waals surface area contributed by atoms with Crippen LogP contribution in [-0.2, 0) is 44.0 Å². The topological polar surface area (TPSA) is 89.5 Å². The summed E-state index contributed by atoms with van der Waals surface area (Å²) in [5.74, 6) is -3.85. The molecule has 1 aromatic carbocycles. The summed E-state index contributed by atoms with van der Waals surface area (Å²) in [4.78, 5) is 12.2. The maximum atomic E-state index is 14.5. The van der Waals surface area contributed by atoms with E-state index in [0.717, 1.165) is 5.56 Å². The standard InChI is InChI=1S/C19H26FO8P/c1-3-26-29(22,27-4-2)18(20)19(21)28-15-12-25-16-14(11-24-17(15)16)23-10-13-8-6-5-7-9-13/h5-9,14-18H,3-4,10-12H2,1-2H3/t14-,15-,16-,17-,18?/m1/s1. The number of ether oxygens (including phenoxy) is 4. The third-order valence-corrected chi connectivity index (χ3v) is 6.63. The molecule has 29 heavy (non-hydrogen) atoms. The highest BCUT2D eigenvalue weighted by Crippen LogP contribution is 2.54. The van der Waals surface area contributed by atoms with Crippen molar-refractivity contribution in [3.63, 3.8) is 0 Å². The van der Waals surface area contributed by atoms with Gasteiger partial charge in [0.1, 0.15) is 18.3 Å². The van der Waals surface area contributed by atoms with Gasteiger partial charge in [0, 0.05) is 0 Å². The van der Waals surface area contributed by atoms with Crippen LogP contribution in [0.15, 0.2) is 30.3 Å². The monoisotopic (exact) mass is 432 g/mol. The van der Waals surface area contributed by atoms with Gasteiger partial charge < -0.3 is 28.0 Å². The van der Waals surface area contributed by atoms with Crippen LogP contribution in [0.25, 0.3) is 0 Å². The molecule has 2 fully saturated rings. The Balaban J connectivity index is 1.54. The molecule has 0 aromatic heterocycles. The van der Waals surface area contributed by atoms with Crippen molar-refractivity contribution in [2.75, 3.05) is 26.4 Å². The number of hydrogen-bond donors (Lipinski definition) is 0. The molecule has 2 aliphatic heterocycles. The van der Waals surface area contributed by atoms with E-state index in [2.05, 4.69) is 0 Å². The van der Waals surface area contributed by atoms with Crippen LogP contribution in [0.5, 0.6) is 0 Å². The summed E-state index contributed by atoms with van der Waals surface area (Å²) in [5, 5.41) is 0. The van der Waals surface area contributed by atoms with Gasteiger partial charge in [0.05, 0.1) is 33.0 Å². The van der Waals surface area contributed by atoms with Crippen molar-refractivity contribution in [3.8, 4) is 0 Å². The number of benzene rings is 1. The van der Waals surface area contributed by atoms with Gasteiger partial charge in [-0.15, -0.1) is 0 Å². The summed E-state index contributed by atoms with van der Waals surface area (Å²) >= 11 is 0. The van der Waals surface area contributed by atoms with Crippen LogP contribution in [0.3, 0.4) is 0 Å². The highest BCUT2D eigenvalue weighted by molar-refractivity contribution is 7.55. The Hall–Kier alpha value is -1.35. The molecule has 2 saturated heterocycles. The molecule has 0 bridgehead atoms. The molecule has 10 heteroatoms. The first kappa shape index (κ1) is 22.3. The van der Waals surface area contributed by atoms with Gasteiger partial charge in [0.15, 0.2) is 6.10 Å². The van der Waals surface area contributed by atoms with Crippen molar-refractivity contribution in [2.24, 2.45) is 0 Å². The van der Waals surface area contributed by atoms with Crippen LogP contribution in [-0.4, -0.2) is 62.7 Å². The zero-order chi connectivity index (χ0) is 20.9. The number of carbonyl (C=O) groups is 1. The lowest BCUT2D eigenvalue weighted by atomic mass is 10.1. The van der Waals surface area contributed by atoms with Crippen molar-refractivity contribution < 1.29 is 41.7 Å². The van der Waals surface area contributed by atoms with Crippen molar-refractivity contribution in [3.05, 3.63) is 35.9 Å². The Morgan fingerprint density at radius 1 is 1.10 bits per heavy atom. The van der Waals surface area contributed by atoms with E-state index in [0.29, 0.717) is 6.61 Å². The highest BCUT2D eigenvalue weighted by atomic mass is 31.2. The quantitative estimate of drug-likeness (QED) is 0.412. The van der Waals surface area contributed by atoms with Gasteiger partial charge in [-0.3, -0.25) is 4.57 Å². The third kappa shape index (κ3) is 5.23. The van der Waals surface area contributed by atoms with E-state index in [1.807, 2.05) is 30.3 Å². The molecule has 162 valence electrons. The van der Waals surface area contributed by atoms with E-state index in [1.165, 1.54) is 13.8 Å². The molecule has 1 aromatic rings. The lowest BCUT2D eigenvalue weighted by Crippen LogP contribution is -2.36. The fourth-order valence-electron chi connectivity index (χ4n) is 3.31. The van der Waals surface area contributed by atoms with Gasteiger partial charge in [0.25, 0.3) is 5.91 Å². The summed E-state index contributed by atoms with van der Waals surface area (Å²) in [7, 11) is -4.26. The van der Waals surface area contributed by atoms with Gasteiger partial charge in [-0.25, -0.2) is 9.18 Å². The van der Waals surface area contributed by atoms with Crippen LogP contribution in [0, 0.1) is 0 Å². The van der Waals surface area contributed by atoms with Crippen LogP contribution in [0.2, 0.25) is 0 Å². The summed E-state index contributed by atoms with van der Waals surface area (Å²) in [5.41, 5.74) is 1.01. The van der Waals surface area contributed by atoms with Crippen molar-refractivity contribution in [1.29, 1.82) is 0 Å². The Labute approximate surface area is 169 Å². The molecule has 2 heterocycles. The predicted octanol–water partition coefficient (Wildman–Crippen LogP) is 2.84. The Bertz CT molecular complexity index is 707. The summed E-state index contributed by atoms with van der Waals surface area (Å²) in [6.07, 6.45) is -2.17. The maximum absolute atomic E-state index is 14.5. The van der Waals surface area contributed by atoms with Gasteiger partial charge in [-0.1, -0.05) is 30.3 Å². The minimum atomic E-state index is -4.26. The van der Waals surface area contributed by atoms with E-state index >= 15 is 0 Å². The second kappa shape index (κ2) is 10.1. The summed E-state index contributed by atoms with van der Waals surface area (Å²) in [6.45, 7) is 3.63. The molecule has 8 nitrogen and oxygen atoms in total. The second-order valence-corrected chi connectivity index (χ2v) is 8.67. The molecular formula is C19H26FO8P. The van der Waals surface area contributed by atoms with E-state index in [4.69, 9.17) is 28.0 Å². The molecular weight excluding hydrogens is 406 g/mol. The van der Waals surface area contributed by atoms with Crippen molar-refractivity contribution in [2.45, 2.75) is 50.8 Å². The first-order chi connectivity index (χ1) is 14.0. The number of fused-ring (bicyclic) bond motifs is 1. The predicted molar refractivity (Wildman–Crippen MR) is 100 cm³/mol. The van der Waals surface area contributed by atoms with Gasteiger partial charge in [-0.05, 0) is 19.4 Å². The van der Waals surface area contributed by atoms with Gasteiger partial charge >= 0.3 is 13.6 Å². The first-order valence-electron chi connectivity index (χ1n) is 9.60. The highest BCUT2D eigenvalue weighted by Gasteiger charge is 2.52. The molecule has 0 spiro atoms. The largest absolute Gasteiger partial charge is 0.454 e. The van der Waals surface area contributed by atoms with E-state index < -0.39 is 37.8 Å². The van der Waals surface area contributed by atoms with E-state index in [1.54, 1.807) is 0 Å². The van der Waals surface area contributed by atoms with Crippen LogP contribution < -0.4 is 0 Å². The fraction of sp³-hybridized carbons (Fsp3) is 0.632. The first-order valence-corrected chi connectivity index (χ1v) is 11.2. The zero-order valence-corrected chi connectivity index (χ0v) is 17.3. The number of halogens is 1. The lowest BCUT2D eigenvalue weighted by molar-refractivity contribution is -0.157. The van der Waals surface area contributed by atoms with Crippen LogP contribution in [0.1, 0.15) is 19.4 Å². The van der Waals surface area contributed by atoms with E-state index in [9.17, 15) is 13.8 Å². The average Bonchev–Trinajstić information content (AvgIpc) is 3.30. The fourth-order valence-corrected chi connectivity index (χ4v) is 4.69. The van der Waals surface area contributed by atoms with Gasteiger partial charge in [0.2, 0.25) is 0 Å². The third-order valence-electron chi connectivity index (χ3n) is 4.63. The molecule has 0 amide bonds. The molecule has 0 radical (unpaired) electrons. The minimum Gasteiger partial charge on any atom is -0.454 e. The smallest absolute Gasteiger partial charge is 0.376 e. The van der Waals surface area contributed by atoms with Gasteiger partial charge in [-0.2, -0.15) is 0 Å². The second-order valence-electron chi connectivity index (χ2n) is 6.62. The van der Waals surface area contributed by atoms with E-state index in [-0.39, 0.29) is 32.5 Å². The number of rotatable bonds is 10. The molecule has 2 aliphatic rings. The molecule has 0 saturated carbocycles. The molecule has 3 rings (SSSR count). The molecule has 0 N–H and O–H groups in total. The maximum Gasteiger partial charge on any atom is 0.376 e. The Morgan fingerprint density at radius 2 is 1.69 bits per heavy atom. The average molecular weight is 432 g/mol. The Morgan fingerprint density at radius 3 is 2.31 bits per heavy atom. The summed E-state index contributed by atoms with van der Waals surface area (Å²) in [6, 6.07) is 9.66. The Kier molecular flexibility index (Phi) is 7.79. The number of alkyl halides is 1. The van der Waals surface area contributed by atoms with Crippen molar-refractivity contribution in [1.82, 2.24) is 0 Å². The van der Waals surface area contributed by atoms with Crippen molar-refractivity contribution >= 4 is 13.6 Å². The number of esters is 1.